The Bertz CT molecular complexity index is 630. The van der Waals surface area contributed by atoms with Crippen LogP contribution >= 0.6 is 11.6 Å². The summed E-state index contributed by atoms with van der Waals surface area (Å²) in [5, 5.41) is 0.401. The lowest BCUT2D eigenvalue weighted by atomic mass is 9.99. The van der Waals surface area contributed by atoms with Crippen molar-refractivity contribution in [2.24, 2.45) is 0 Å². The van der Waals surface area contributed by atoms with Crippen LogP contribution in [0.15, 0.2) is 12.1 Å². The SMILES string of the molecule is CCCc1nc(Cl)c(C)c(-c2c(C)cc(C)cc2F)n1. The van der Waals surface area contributed by atoms with Crippen molar-refractivity contribution in [3.8, 4) is 11.3 Å². The third-order valence-electron chi connectivity index (χ3n) is 3.27. The minimum atomic E-state index is -0.261. The molecule has 0 N–H and O–H groups in total. The summed E-state index contributed by atoms with van der Waals surface area (Å²) in [6.07, 6.45) is 1.66. The van der Waals surface area contributed by atoms with Crippen LogP contribution in [0.5, 0.6) is 0 Å². The molecule has 0 aliphatic carbocycles. The first-order valence-corrected chi connectivity index (χ1v) is 7.12. The third-order valence-corrected chi connectivity index (χ3v) is 3.64. The summed E-state index contributed by atoms with van der Waals surface area (Å²) < 4.78 is 14.3. The maximum atomic E-state index is 14.3. The van der Waals surface area contributed by atoms with Gasteiger partial charge in [-0.2, -0.15) is 0 Å². The van der Waals surface area contributed by atoms with Crippen LogP contribution in [0.4, 0.5) is 4.39 Å². The van der Waals surface area contributed by atoms with Crippen LogP contribution in [-0.2, 0) is 6.42 Å². The van der Waals surface area contributed by atoms with Crippen LogP contribution in [0.3, 0.4) is 0 Å². The number of rotatable bonds is 3. The normalized spacial score (nSPS) is 10.9. The number of benzene rings is 1. The molecule has 0 saturated heterocycles. The predicted molar refractivity (Wildman–Crippen MR) is 80.6 cm³/mol. The van der Waals surface area contributed by atoms with Crippen molar-refractivity contribution in [1.82, 2.24) is 9.97 Å². The van der Waals surface area contributed by atoms with Gasteiger partial charge in [-0.25, -0.2) is 14.4 Å². The molecule has 1 aromatic heterocycles. The molecule has 1 heterocycles. The van der Waals surface area contributed by atoms with E-state index >= 15 is 0 Å². The van der Waals surface area contributed by atoms with Crippen molar-refractivity contribution < 1.29 is 4.39 Å². The van der Waals surface area contributed by atoms with Crippen molar-refractivity contribution in [2.45, 2.75) is 40.5 Å². The quantitative estimate of drug-likeness (QED) is 0.758. The molecule has 2 nitrogen and oxygen atoms in total. The maximum Gasteiger partial charge on any atom is 0.136 e. The van der Waals surface area contributed by atoms with Gasteiger partial charge in [0.1, 0.15) is 16.8 Å². The Hall–Kier alpha value is -1.48. The van der Waals surface area contributed by atoms with Gasteiger partial charge in [0.15, 0.2) is 0 Å². The smallest absolute Gasteiger partial charge is 0.136 e. The van der Waals surface area contributed by atoms with Crippen LogP contribution in [0.25, 0.3) is 11.3 Å². The van der Waals surface area contributed by atoms with Gasteiger partial charge >= 0.3 is 0 Å². The van der Waals surface area contributed by atoms with Crippen molar-refractivity contribution in [2.75, 3.05) is 0 Å². The summed E-state index contributed by atoms with van der Waals surface area (Å²) in [6.45, 7) is 7.64. The molecule has 2 rings (SSSR count). The highest BCUT2D eigenvalue weighted by Crippen LogP contribution is 2.31. The Morgan fingerprint density at radius 1 is 1.15 bits per heavy atom. The third kappa shape index (κ3) is 2.83. The molecule has 0 fully saturated rings. The monoisotopic (exact) mass is 292 g/mol. The summed E-state index contributed by atoms with van der Waals surface area (Å²) in [5.74, 6) is 0.403. The van der Waals surface area contributed by atoms with Crippen LogP contribution in [-0.4, -0.2) is 9.97 Å². The number of hydrogen-bond acceptors (Lipinski definition) is 2. The Balaban J connectivity index is 2.69. The van der Waals surface area contributed by atoms with Gasteiger partial charge in [-0.3, -0.25) is 0 Å². The highest BCUT2D eigenvalue weighted by Gasteiger charge is 2.17. The summed E-state index contributed by atoms with van der Waals surface area (Å²) in [5.41, 5.74) is 3.61. The topological polar surface area (TPSA) is 25.8 Å². The Labute approximate surface area is 124 Å². The number of aromatic nitrogens is 2. The van der Waals surface area contributed by atoms with E-state index in [0.29, 0.717) is 22.2 Å². The summed E-state index contributed by atoms with van der Waals surface area (Å²) >= 11 is 6.17. The van der Waals surface area contributed by atoms with Gasteiger partial charge in [-0.05, 0) is 44.4 Å². The predicted octanol–water partition coefficient (Wildman–Crippen LogP) is 4.81. The molecule has 2 aromatic rings. The maximum absolute atomic E-state index is 14.3. The molecule has 0 bridgehead atoms. The second-order valence-electron chi connectivity index (χ2n) is 5.09. The molecule has 20 heavy (non-hydrogen) atoms. The lowest BCUT2D eigenvalue weighted by molar-refractivity contribution is 0.628. The molecule has 4 heteroatoms. The number of hydrogen-bond donors (Lipinski definition) is 0. The van der Waals surface area contributed by atoms with Crippen molar-refractivity contribution in [3.63, 3.8) is 0 Å². The van der Waals surface area contributed by atoms with Gasteiger partial charge in [0.05, 0.1) is 5.69 Å². The molecule has 0 atom stereocenters. The van der Waals surface area contributed by atoms with Crippen molar-refractivity contribution in [1.29, 1.82) is 0 Å². The first kappa shape index (κ1) is 14.9. The Morgan fingerprint density at radius 3 is 2.45 bits per heavy atom. The minimum Gasteiger partial charge on any atom is -0.232 e. The summed E-state index contributed by atoms with van der Waals surface area (Å²) in [7, 11) is 0. The fourth-order valence-electron chi connectivity index (χ4n) is 2.33. The van der Waals surface area contributed by atoms with E-state index in [1.54, 1.807) is 0 Å². The standard InChI is InChI=1S/C16H18ClFN2/c1-5-6-13-19-15(11(4)16(17)20-13)14-10(3)7-9(2)8-12(14)18/h7-8H,5-6H2,1-4H3. The van der Waals surface area contributed by atoms with Gasteiger partial charge in [0.25, 0.3) is 0 Å². The van der Waals surface area contributed by atoms with E-state index in [9.17, 15) is 4.39 Å². The molecule has 0 aliphatic heterocycles. The Morgan fingerprint density at radius 2 is 1.85 bits per heavy atom. The van der Waals surface area contributed by atoms with E-state index < -0.39 is 0 Å². The van der Waals surface area contributed by atoms with Crippen molar-refractivity contribution >= 4 is 11.6 Å². The minimum absolute atomic E-state index is 0.261. The van der Waals surface area contributed by atoms with E-state index in [0.717, 1.165) is 29.5 Å². The summed E-state index contributed by atoms with van der Waals surface area (Å²) in [4.78, 5) is 8.77. The molecule has 0 radical (unpaired) electrons. The van der Waals surface area contributed by atoms with Crippen LogP contribution in [0.1, 0.15) is 35.9 Å². The first-order valence-electron chi connectivity index (χ1n) is 6.74. The van der Waals surface area contributed by atoms with E-state index in [1.807, 2.05) is 26.8 Å². The van der Waals surface area contributed by atoms with Gasteiger partial charge < -0.3 is 0 Å². The zero-order valence-corrected chi connectivity index (χ0v) is 13.0. The van der Waals surface area contributed by atoms with Gasteiger partial charge in [-0.15, -0.1) is 0 Å². The largest absolute Gasteiger partial charge is 0.232 e. The van der Waals surface area contributed by atoms with Gasteiger partial charge in [0.2, 0.25) is 0 Å². The fourth-order valence-corrected chi connectivity index (χ4v) is 2.51. The number of halogens is 2. The van der Waals surface area contributed by atoms with Gasteiger partial charge in [0, 0.05) is 17.5 Å². The van der Waals surface area contributed by atoms with Crippen molar-refractivity contribution in [3.05, 3.63) is 45.6 Å². The fraction of sp³-hybridized carbons (Fsp3) is 0.375. The Kier molecular flexibility index (Phi) is 4.39. The average Bonchev–Trinajstić information content (AvgIpc) is 2.34. The molecule has 0 spiro atoms. The highest BCUT2D eigenvalue weighted by atomic mass is 35.5. The zero-order valence-electron chi connectivity index (χ0n) is 12.2. The molecular weight excluding hydrogens is 275 g/mol. The van der Waals surface area contributed by atoms with Crippen LogP contribution in [0.2, 0.25) is 5.15 Å². The van der Waals surface area contributed by atoms with Crippen LogP contribution in [0, 0.1) is 26.6 Å². The summed E-state index contributed by atoms with van der Waals surface area (Å²) in [6, 6.07) is 3.48. The van der Waals surface area contributed by atoms with Gasteiger partial charge in [-0.1, -0.05) is 24.6 Å². The second kappa shape index (κ2) is 5.88. The number of nitrogens with zero attached hydrogens (tertiary/aromatic N) is 2. The van der Waals surface area contributed by atoms with Crippen LogP contribution < -0.4 is 0 Å². The highest BCUT2D eigenvalue weighted by molar-refractivity contribution is 6.30. The first-order chi connectivity index (χ1) is 9.43. The van der Waals surface area contributed by atoms with E-state index in [-0.39, 0.29) is 5.82 Å². The molecule has 0 aliphatic rings. The molecule has 0 amide bonds. The molecule has 1 aromatic carbocycles. The lowest BCUT2D eigenvalue weighted by Gasteiger charge is -2.13. The number of aryl methyl sites for hydroxylation is 3. The van der Waals surface area contributed by atoms with E-state index in [4.69, 9.17) is 11.6 Å². The second-order valence-corrected chi connectivity index (χ2v) is 5.45. The molecule has 0 saturated carbocycles. The average molecular weight is 293 g/mol. The van der Waals surface area contributed by atoms with E-state index in [2.05, 4.69) is 16.9 Å². The molecule has 0 unspecified atom stereocenters. The lowest BCUT2D eigenvalue weighted by Crippen LogP contribution is -2.03. The van der Waals surface area contributed by atoms with E-state index in [1.165, 1.54) is 6.07 Å². The molecule has 106 valence electrons. The molecular formula is C16H18ClFN2. The zero-order chi connectivity index (χ0) is 14.9.